The fourth-order valence-electron chi connectivity index (χ4n) is 1.93. The van der Waals surface area contributed by atoms with Crippen molar-refractivity contribution < 1.29 is 4.79 Å². The normalized spacial score (nSPS) is 14.7. The third-order valence-electron chi connectivity index (χ3n) is 2.96. The van der Waals surface area contributed by atoms with Crippen LogP contribution in [0.4, 0.5) is 0 Å². The minimum absolute atomic E-state index is 0.0657. The van der Waals surface area contributed by atoms with Crippen LogP contribution in [0.1, 0.15) is 35.2 Å². The van der Waals surface area contributed by atoms with E-state index in [1.807, 2.05) is 16.8 Å². The minimum Gasteiger partial charge on any atom is -0.347 e. The molecule has 0 spiro atoms. The summed E-state index contributed by atoms with van der Waals surface area (Å²) in [7, 11) is 0. The molecular formula is C12H13BrN4O. The first-order chi connectivity index (χ1) is 8.74. The lowest BCUT2D eigenvalue weighted by Crippen LogP contribution is -2.25. The van der Waals surface area contributed by atoms with Crippen LogP contribution in [0.2, 0.25) is 0 Å². The fraction of sp³-hybridized carbons (Fsp3) is 0.333. The summed E-state index contributed by atoms with van der Waals surface area (Å²) < 4.78 is 2.99. The first-order valence-electron chi connectivity index (χ1n) is 5.88. The average Bonchev–Trinajstić information content (AvgIpc) is 2.92. The molecule has 2 heterocycles. The van der Waals surface area contributed by atoms with Crippen molar-refractivity contribution in [3.05, 3.63) is 40.6 Å². The standard InChI is InChI=1S/C12H13BrN4O/c13-8-5-10(17(7-8)9-1-2-9)12(18)16-6-11-14-3-4-15-11/h3-5,7,9H,1-2,6H2,(H,14,15)(H,16,18). The van der Waals surface area contributed by atoms with Gasteiger partial charge >= 0.3 is 0 Å². The van der Waals surface area contributed by atoms with E-state index in [2.05, 4.69) is 31.2 Å². The SMILES string of the molecule is O=C(NCc1ncc[nH]1)c1cc(Br)cn1C1CC1. The van der Waals surface area contributed by atoms with Gasteiger partial charge in [-0.05, 0) is 34.8 Å². The Balaban J connectivity index is 1.71. The number of nitrogens with zero attached hydrogens (tertiary/aromatic N) is 2. The third-order valence-corrected chi connectivity index (χ3v) is 3.39. The molecule has 2 N–H and O–H groups in total. The maximum absolute atomic E-state index is 12.1. The lowest BCUT2D eigenvalue weighted by Gasteiger charge is -2.07. The molecule has 94 valence electrons. The van der Waals surface area contributed by atoms with Crippen LogP contribution in [0.3, 0.4) is 0 Å². The van der Waals surface area contributed by atoms with E-state index < -0.39 is 0 Å². The highest BCUT2D eigenvalue weighted by atomic mass is 79.9. The van der Waals surface area contributed by atoms with Crippen LogP contribution >= 0.6 is 15.9 Å². The van der Waals surface area contributed by atoms with Crippen LogP contribution in [0.25, 0.3) is 0 Å². The number of H-pyrrole nitrogens is 1. The first kappa shape index (κ1) is 11.5. The molecule has 1 fully saturated rings. The van der Waals surface area contributed by atoms with Gasteiger partial charge in [0.15, 0.2) is 0 Å². The summed E-state index contributed by atoms with van der Waals surface area (Å²) in [6, 6.07) is 2.34. The molecule has 1 aliphatic carbocycles. The minimum atomic E-state index is -0.0657. The van der Waals surface area contributed by atoms with Crippen LogP contribution in [0, 0.1) is 0 Å². The highest BCUT2D eigenvalue weighted by molar-refractivity contribution is 9.10. The van der Waals surface area contributed by atoms with Gasteiger partial charge in [-0.3, -0.25) is 4.79 Å². The van der Waals surface area contributed by atoms with Crippen molar-refractivity contribution in [1.29, 1.82) is 0 Å². The van der Waals surface area contributed by atoms with Crippen molar-refractivity contribution in [3.63, 3.8) is 0 Å². The summed E-state index contributed by atoms with van der Waals surface area (Å²) in [5, 5.41) is 2.86. The number of rotatable bonds is 4. The Labute approximate surface area is 113 Å². The second-order valence-corrected chi connectivity index (χ2v) is 5.32. The molecule has 5 nitrogen and oxygen atoms in total. The Kier molecular flexibility index (Phi) is 2.95. The fourth-order valence-corrected chi connectivity index (χ4v) is 2.37. The van der Waals surface area contributed by atoms with E-state index in [-0.39, 0.29) is 5.91 Å². The van der Waals surface area contributed by atoms with Crippen LogP contribution in [0.15, 0.2) is 29.1 Å². The molecule has 0 bridgehead atoms. The number of hydrogen-bond donors (Lipinski definition) is 2. The highest BCUT2D eigenvalue weighted by Gasteiger charge is 2.27. The number of carbonyl (C=O) groups excluding carboxylic acids is 1. The molecule has 0 saturated heterocycles. The zero-order chi connectivity index (χ0) is 12.5. The molecule has 2 aromatic heterocycles. The van der Waals surface area contributed by atoms with Crippen LogP contribution in [0.5, 0.6) is 0 Å². The van der Waals surface area contributed by atoms with Gasteiger partial charge in [0.2, 0.25) is 0 Å². The topological polar surface area (TPSA) is 62.7 Å². The number of halogens is 1. The van der Waals surface area contributed by atoms with Gasteiger partial charge in [0.05, 0.1) is 6.54 Å². The lowest BCUT2D eigenvalue weighted by molar-refractivity contribution is 0.0940. The Bertz CT molecular complexity index is 557. The second kappa shape index (κ2) is 4.61. The molecule has 1 saturated carbocycles. The summed E-state index contributed by atoms with van der Waals surface area (Å²) in [6.45, 7) is 0.416. The molecule has 18 heavy (non-hydrogen) atoms. The van der Waals surface area contributed by atoms with E-state index in [4.69, 9.17) is 0 Å². The van der Waals surface area contributed by atoms with E-state index >= 15 is 0 Å². The molecule has 1 aliphatic rings. The second-order valence-electron chi connectivity index (χ2n) is 4.40. The van der Waals surface area contributed by atoms with E-state index in [0.717, 1.165) is 23.1 Å². The Morgan fingerprint density at radius 3 is 3.11 bits per heavy atom. The van der Waals surface area contributed by atoms with Gasteiger partial charge in [0.1, 0.15) is 11.5 Å². The molecule has 0 radical (unpaired) electrons. The number of carbonyl (C=O) groups is 1. The average molecular weight is 309 g/mol. The van der Waals surface area contributed by atoms with E-state index in [1.54, 1.807) is 12.4 Å². The first-order valence-corrected chi connectivity index (χ1v) is 6.67. The predicted octanol–water partition coefficient (Wildman–Crippen LogP) is 2.24. The number of nitrogens with one attached hydrogen (secondary N) is 2. The zero-order valence-electron chi connectivity index (χ0n) is 9.69. The highest BCUT2D eigenvalue weighted by Crippen LogP contribution is 2.37. The van der Waals surface area contributed by atoms with Crippen molar-refractivity contribution in [2.24, 2.45) is 0 Å². The molecule has 1 amide bonds. The Morgan fingerprint density at radius 1 is 1.61 bits per heavy atom. The molecule has 0 unspecified atom stereocenters. The number of aromatic amines is 1. The van der Waals surface area contributed by atoms with Crippen molar-refractivity contribution in [3.8, 4) is 0 Å². The Hall–Kier alpha value is -1.56. The van der Waals surface area contributed by atoms with Gasteiger partial charge in [0.25, 0.3) is 5.91 Å². The molecule has 0 aromatic carbocycles. The summed E-state index contributed by atoms with van der Waals surface area (Å²) in [4.78, 5) is 19.1. The smallest absolute Gasteiger partial charge is 0.268 e. The molecule has 0 atom stereocenters. The van der Waals surface area contributed by atoms with Gasteiger partial charge in [-0.1, -0.05) is 0 Å². The monoisotopic (exact) mass is 308 g/mol. The maximum atomic E-state index is 12.1. The maximum Gasteiger partial charge on any atom is 0.268 e. The largest absolute Gasteiger partial charge is 0.347 e. The number of amides is 1. The molecule has 3 rings (SSSR count). The van der Waals surface area contributed by atoms with Crippen molar-refractivity contribution in [1.82, 2.24) is 19.9 Å². The van der Waals surface area contributed by atoms with Crippen molar-refractivity contribution >= 4 is 21.8 Å². The van der Waals surface area contributed by atoms with Crippen LogP contribution in [-0.2, 0) is 6.54 Å². The van der Waals surface area contributed by atoms with Crippen LogP contribution < -0.4 is 5.32 Å². The van der Waals surface area contributed by atoms with Gasteiger partial charge in [0, 0.05) is 29.1 Å². The van der Waals surface area contributed by atoms with Gasteiger partial charge < -0.3 is 14.9 Å². The van der Waals surface area contributed by atoms with Gasteiger partial charge in [-0.25, -0.2) is 4.98 Å². The molecular weight excluding hydrogens is 296 g/mol. The van der Waals surface area contributed by atoms with E-state index in [1.165, 1.54) is 0 Å². The van der Waals surface area contributed by atoms with E-state index in [0.29, 0.717) is 18.3 Å². The summed E-state index contributed by atoms with van der Waals surface area (Å²) in [5.41, 5.74) is 0.705. The number of hydrogen-bond acceptors (Lipinski definition) is 2. The number of imidazole rings is 1. The lowest BCUT2D eigenvalue weighted by atomic mass is 10.4. The van der Waals surface area contributed by atoms with E-state index in [9.17, 15) is 4.79 Å². The molecule has 6 heteroatoms. The van der Waals surface area contributed by atoms with Crippen LogP contribution in [-0.4, -0.2) is 20.4 Å². The Morgan fingerprint density at radius 2 is 2.44 bits per heavy atom. The molecule has 0 aliphatic heterocycles. The third kappa shape index (κ3) is 2.33. The summed E-state index contributed by atoms with van der Waals surface area (Å²) in [5.74, 6) is 0.691. The van der Waals surface area contributed by atoms with Gasteiger partial charge in [-0.15, -0.1) is 0 Å². The summed E-state index contributed by atoms with van der Waals surface area (Å²) >= 11 is 3.42. The zero-order valence-corrected chi connectivity index (χ0v) is 11.3. The quantitative estimate of drug-likeness (QED) is 0.910. The van der Waals surface area contributed by atoms with Gasteiger partial charge in [-0.2, -0.15) is 0 Å². The summed E-state index contributed by atoms with van der Waals surface area (Å²) in [6.07, 6.45) is 7.69. The predicted molar refractivity (Wildman–Crippen MR) is 70.2 cm³/mol. The number of aromatic nitrogens is 3. The molecule has 2 aromatic rings. The van der Waals surface area contributed by atoms with Crippen molar-refractivity contribution in [2.75, 3.05) is 0 Å². The van der Waals surface area contributed by atoms with Crippen molar-refractivity contribution in [2.45, 2.75) is 25.4 Å².